The van der Waals surface area contributed by atoms with Crippen molar-refractivity contribution in [3.63, 3.8) is 0 Å². The second-order valence-corrected chi connectivity index (χ2v) is 5.00. The largest absolute Gasteiger partial charge is 0.325 e. The quantitative estimate of drug-likeness (QED) is 0.946. The second kappa shape index (κ2) is 5.43. The fourth-order valence-corrected chi connectivity index (χ4v) is 2.39. The summed E-state index contributed by atoms with van der Waals surface area (Å²) >= 11 is 5.03. The van der Waals surface area contributed by atoms with Crippen LogP contribution < -0.4 is 5.73 Å². The maximum Gasteiger partial charge on any atom is 0.115 e. The summed E-state index contributed by atoms with van der Waals surface area (Å²) in [6.07, 6.45) is 3.59. The van der Waals surface area contributed by atoms with Crippen LogP contribution in [0.2, 0.25) is 0 Å². The SMILES string of the molecule is NCc1ccc(Sc2ncccc2Br)cn1. The number of hydrogen-bond donors (Lipinski definition) is 1. The summed E-state index contributed by atoms with van der Waals surface area (Å²) in [7, 11) is 0. The molecule has 5 heteroatoms. The van der Waals surface area contributed by atoms with Gasteiger partial charge in [-0.25, -0.2) is 4.98 Å². The third-order valence-electron chi connectivity index (χ3n) is 1.95. The highest BCUT2D eigenvalue weighted by Crippen LogP contribution is 2.30. The van der Waals surface area contributed by atoms with Gasteiger partial charge in [0, 0.05) is 23.8 Å². The molecule has 0 bridgehead atoms. The highest BCUT2D eigenvalue weighted by atomic mass is 79.9. The summed E-state index contributed by atoms with van der Waals surface area (Å²) in [4.78, 5) is 9.57. The van der Waals surface area contributed by atoms with Crippen molar-refractivity contribution >= 4 is 27.7 Å². The highest BCUT2D eigenvalue weighted by molar-refractivity contribution is 9.10. The van der Waals surface area contributed by atoms with Gasteiger partial charge in [0.25, 0.3) is 0 Å². The van der Waals surface area contributed by atoms with Crippen LogP contribution >= 0.6 is 27.7 Å². The van der Waals surface area contributed by atoms with Crippen LogP contribution in [-0.2, 0) is 6.54 Å². The molecule has 0 aliphatic carbocycles. The molecule has 0 aliphatic heterocycles. The van der Waals surface area contributed by atoms with E-state index in [-0.39, 0.29) is 0 Å². The minimum Gasteiger partial charge on any atom is -0.325 e. The van der Waals surface area contributed by atoms with Crippen LogP contribution in [0.3, 0.4) is 0 Å². The number of halogens is 1. The van der Waals surface area contributed by atoms with Crippen LogP contribution in [0.1, 0.15) is 5.69 Å². The van der Waals surface area contributed by atoms with Gasteiger partial charge in [-0.05, 0) is 40.2 Å². The molecule has 82 valence electrons. The Morgan fingerprint density at radius 1 is 1.25 bits per heavy atom. The van der Waals surface area contributed by atoms with Crippen LogP contribution in [-0.4, -0.2) is 9.97 Å². The molecule has 0 spiro atoms. The van der Waals surface area contributed by atoms with Gasteiger partial charge in [-0.2, -0.15) is 0 Å². The Labute approximate surface area is 107 Å². The van der Waals surface area contributed by atoms with Crippen LogP contribution in [0.25, 0.3) is 0 Å². The number of rotatable bonds is 3. The van der Waals surface area contributed by atoms with E-state index in [0.29, 0.717) is 6.54 Å². The van der Waals surface area contributed by atoms with Crippen LogP contribution in [0, 0.1) is 0 Å². The van der Waals surface area contributed by atoms with E-state index in [2.05, 4.69) is 25.9 Å². The van der Waals surface area contributed by atoms with E-state index in [9.17, 15) is 0 Å². The summed E-state index contributed by atoms with van der Waals surface area (Å²) < 4.78 is 0.989. The van der Waals surface area contributed by atoms with E-state index in [0.717, 1.165) is 20.1 Å². The van der Waals surface area contributed by atoms with E-state index in [1.54, 1.807) is 18.0 Å². The highest BCUT2D eigenvalue weighted by Gasteiger charge is 2.03. The maximum atomic E-state index is 5.49. The summed E-state index contributed by atoms with van der Waals surface area (Å²) in [6, 6.07) is 7.79. The first-order chi connectivity index (χ1) is 7.79. The number of aromatic nitrogens is 2. The van der Waals surface area contributed by atoms with Gasteiger partial charge < -0.3 is 5.73 Å². The van der Waals surface area contributed by atoms with Gasteiger partial charge in [0.1, 0.15) is 5.03 Å². The van der Waals surface area contributed by atoms with Crippen molar-refractivity contribution in [3.05, 3.63) is 46.8 Å². The first kappa shape index (κ1) is 11.6. The standard InChI is InChI=1S/C11H10BrN3S/c12-10-2-1-5-14-11(10)16-9-4-3-8(6-13)15-7-9/h1-5,7H,6,13H2. The molecule has 0 amide bonds. The average Bonchev–Trinajstić information content (AvgIpc) is 2.33. The molecular formula is C11H10BrN3S. The topological polar surface area (TPSA) is 51.8 Å². The lowest BCUT2D eigenvalue weighted by Crippen LogP contribution is -1.98. The van der Waals surface area contributed by atoms with Crippen LogP contribution in [0.4, 0.5) is 0 Å². The zero-order valence-electron chi connectivity index (χ0n) is 8.43. The third-order valence-corrected chi connectivity index (χ3v) is 3.84. The minimum absolute atomic E-state index is 0.470. The summed E-state index contributed by atoms with van der Waals surface area (Å²) in [5, 5.41) is 0.935. The lowest BCUT2D eigenvalue weighted by molar-refractivity contribution is 0.976. The molecule has 0 aromatic carbocycles. The third kappa shape index (κ3) is 2.81. The normalized spacial score (nSPS) is 10.4. The molecule has 3 nitrogen and oxygen atoms in total. The van der Waals surface area contributed by atoms with Crippen LogP contribution in [0.5, 0.6) is 0 Å². The second-order valence-electron chi connectivity index (χ2n) is 3.08. The molecule has 16 heavy (non-hydrogen) atoms. The average molecular weight is 296 g/mol. The molecule has 0 atom stereocenters. The van der Waals surface area contributed by atoms with Crippen molar-refractivity contribution in [2.45, 2.75) is 16.5 Å². The molecule has 0 saturated carbocycles. The van der Waals surface area contributed by atoms with Gasteiger partial charge in [0.05, 0.1) is 10.2 Å². The summed E-state index contributed by atoms with van der Waals surface area (Å²) in [6.45, 7) is 0.470. The number of pyridine rings is 2. The molecule has 0 unspecified atom stereocenters. The monoisotopic (exact) mass is 295 g/mol. The number of nitrogens with zero attached hydrogens (tertiary/aromatic N) is 2. The molecule has 0 saturated heterocycles. The van der Waals surface area contributed by atoms with Gasteiger partial charge in [-0.3, -0.25) is 4.98 Å². The minimum atomic E-state index is 0.470. The molecule has 2 aromatic rings. The Morgan fingerprint density at radius 2 is 2.12 bits per heavy atom. The molecule has 2 heterocycles. The first-order valence-corrected chi connectivity index (χ1v) is 6.34. The van der Waals surface area contributed by atoms with Crippen LogP contribution in [0.15, 0.2) is 51.1 Å². The van der Waals surface area contributed by atoms with E-state index < -0.39 is 0 Å². The molecule has 0 fully saturated rings. The fraction of sp³-hybridized carbons (Fsp3) is 0.0909. The zero-order chi connectivity index (χ0) is 11.4. The maximum absolute atomic E-state index is 5.49. The Morgan fingerprint density at radius 3 is 2.75 bits per heavy atom. The lowest BCUT2D eigenvalue weighted by Gasteiger charge is -2.03. The Hall–Kier alpha value is -0.910. The lowest BCUT2D eigenvalue weighted by atomic mass is 10.4. The molecule has 2 N–H and O–H groups in total. The predicted octanol–water partition coefficient (Wildman–Crippen LogP) is 2.85. The first-order valence-electron chi connectivity index (χ1n) is 4.73. The summed E-state index contributed by atoms with van der Waals surface area (Å²) in [5.41, 5.74) is 6.38. The van der Waals surface area contributed by atoms with E-state index in [1.165, 1.54) is 0 Å². The summed E-state index contributed by atoms with van der Waals surface area (Å²) in [5.74, 6) is 0. The van der Waals surface area contributed by atoms with E-state index in [4.69, 9.17) is 5.73 Å². The van der Waals surface area contributed by atoms with Crippen molar-refractivity contribution in [1.29, 1.82) is 0 Å². The van der Waals surface area contributed by atoms with Crippen molar-refractivity contribution in [2.75, 3.05) is 0 Å². The van der Waals surface area contributed by atoms with Gasteiger partial charge in [0.15, 0.2) is 0 Å². The Kier molecular flexibility index (Phi) is 3.93. The van der Waals surface area contributed by atoms with Gasteiger partial charge in [-0.15, -0.1) is 0 Å². The van der Waals surface area contributed by atoms with Gasteiger partial charge >= 0.3 is 0 Å². The number of hydrogen-bond acceptors (Lipinski definition) is 4. The van der Waals surface area contributed by atoms with Gasteiger partial charge in [0.2, 0.25) is 0 Å². The molecule has 0 aliphatic rings. The van der Waals surface area contributed by atoms with E-state index in [1.807, 2.05) is 30.5 Å². The molecule has 2 aromatic heterocycles. The molecular weight excluding hydrogens is 286 g/mol. The van der Waals surface area contributed by atoms with E-state index >= 15 is 0 Å². The Bertz CT molecular complexity index is 473. The molecule has 0 radical (unpaired) electrons. The molecule has 2 rings (SSSR count). The zero-order valence-corrected chi connectivity index (χ0v) is 10.8. The fourth-order valence-electron chi connectivity index (χ4n) is 1.15. The van der Waals surface area contributed by atoms with Crippen molar-refractivity contribution in [2.24, 2.45) is 5.73 Å². The van der Waals surface area contributed by atoms with Gasteiger partial charge in [-0.1, -0.05) is 11.8 Å². The van der Waals surface area contributed by atoms with Crippen molar-refractivity contribution < 1.29 is 0 Å². The number of nitrogens with two attached hydrogens (primary N) is 1. The van der Waals surface area contributed by atoms with Crippen molar-refractivity contribution in [1.82, 2.24) is 9.97 Å². The van der Waals surface area contributed by atoms with Crippen molar-refractivity contribution in [3.8, 4) is 0 Å². The Balaban J connectivity index is 2.18. The smallest absolute Gasteiger partial charge is 0.115 e. The predicted molar refractivity (Wildman–Crippen MR) is 68.2 cm³/mol.